The monoisotopic (exact) mass is 296 g/mol. The van der Waals surface area contributed by atoms with Crippen LogP contribution >= 0.6 is 0 Å². The maximum atomic E-state index is 12.5. The van der Waals surface area contributed by atoms with E-state index in [9.17, 15) is 13.2 Å². The van der Waals surface area contributed by atoms with Gasteiger partial charge in [0.05, 0.1) is 24.0 Å². The number of hydrogen-bond acceptors (Lipinski definition) is 4. The van der Waals surface area contributed by atoms with Gasteiger partial charge in [-0.3, -0.25) is 4.79 Å². The van der Waals surface area contributed by atoms with Gasteiger partial charge >= 0.3 is 0 Å². The molecule has 1 atom stereocenters. The van der Waals surface area contributed by atoms with Crippen LogP contribution < -0.4 is 5.32 Å². The lowest BCUT2D eigenvalue weighted by atomic mass is 10.0. The van der Waals surface area contributed by atoms with Crippen molar-refractivity contribution in [2.24, 2.45) is 0 Å². The van der Waals surface area contributed by atoms with Crippen molar-refractivity contribution in [3.05, 3.63) is 23.8 Å². The minimum Gasteiger partial charge on any atom is -0.379 e. The first-order valence-corrected chi connectivity index (χ1v) is 7.97. The first-order valence-electron chi connectivity index (χ1n) is 6.53. The molecule has 1 unspecified atom stereocenters. The molecule has 0 saturated carbocycles. The molecule has 1 amide bonds. The normalized spacial score (nSPS) is 23.4. The fourth-order valence-electron chi connectivity index (χ4n) is 2.49. The standard InChI is InChI=1S/C13H16N2O4S/c1-9-11-8-10(2-3-12(11)14-13(9)16)20(17,18)15-4-6-19-7-5-15/h2-3,8-9H,4-7H2,1H3,(H,14,16). The molecule has 1 aromatic rings. The number of amides is 1. The van der Waals surface area contributed by atoms with Gasteiger partial charge in [0, 0.05) is 18.8 Å². The summed E-state index contributed by atoms with van der Waals surface area (Å²) in [6.07, 6.45) is 0. The van der Waals surface area contributed by atoms with Crippen molar-refractivity contribution in [3.8, 4) is 0 Å². The zero-order chi connectivity index (χ0) is 14.3. The third-order valence-electron chi connectivity index (χ3n) is 3.75. The van der Waals surface area contributed by atoms with Crippen LogP contribution in [-0.4, -0.2) is 44.9 Å². The van der Waals surface area contributed by atoms with Crippen molar-refractivity contribution in [1.29, 1.82) is 0 Å². The number of ether oxygens (including phenoxy) is 1. The molecule has 1 saturated heterocycles. The molecule has 2 aliphatic rings. The summed E-state index contributed by atoms with van der Waals surface area (Å²) in [5.74, 6) is -0.411. The van der Waals surface area contributed by atoms with Crippen LogP contribution in [0.5, 0.6) is 0 Å². The van der Waals surface area contributed by atoms with Crippen LogP contribution in [0.1, 0.15) is 18.4 Å². The molecule has 0 aliphatic carbocycles. The van der Waals surface area contributed by atoms with Crippen LogP contribution in [0.15, 0.2) is 23.1 Å². The summed E-state index contributed by atoms with van der Waals surface area (Å²) in [6, 6.07) is 4.80. The molecule has 108 valence electrons. The molecule has 2 heterocycles. The fraction of sp³-hybridized carbons (Fsp3) is 0.462. The van der Waals surface area contributed by atoms with E-state index in [-0.39, 0.29) is 16.7 Å². The number of carbonyl (C=O) groups excluding carboxylic acids is 1. The summed E-state index contributed by atoms with van der Waals surface area (Å²) in [4.78, 5) is 11.8. The minimum atomic E-state index is -3.51. The van der Waals surface area contributed by atoms with Crippen molar-refractivity contribution in [3.63, 3.8) is 0 Å². The Morgan fingerprint density at radius 1 is 1.30 bits per heavy atom. The summed E-state index contributed by atoms with van der Waals surface area (Å²) >= 11 is 0. The zero-order valence-corrected chi connectivity index (χ0v) is 11.9. The Morgan fingerprint density at radius 3 is 2.70 bits per heavy atom. The van der Waals surface area contributed by atoms with Crippen LogP contribution in [0.25, 0.3) is 0 Å². The first-order chi connectivity index (χ1) is 9.50. The number of benzene rings is 1. The Labute approximate surface area is 117 Å². The molecule has 0 bridgehead atoms. The highest BCUT2D eigenvalue weighted by Gasteiger charge is 2.31. The number of anilines is 1. The van der Waals surface area contributed by atoms with Gasteiger partial charge in [-0.2, -0.15) is 4.31 Å². The Kier molecular flexibility index (Phi) is 3.27. The highest BCUT2D eigenvalue weighted by molar-refractivity contribution is 7.89. The molecule has 7 heteroatoms. The third kappa shape index (κ3) is 2.11. The Balaban J connectivity index is 1.97. The SMILES string of the molecule is CC1C(=O)Nc2ccc(S(=O)(=O)N3CCOCC3)cc21. The first kappa shape index (κ1) is 13.5. The van der Waals surface area contributed by atoms with E-state index in [4.69, 9.17) is 4.74 Å². The average molecular weight is 296 g/mol. The molecule has 0 spiro atoms. The van der Waals surface area contributed by atoms with Crippen molar-refractivity contribution in [1.82, 2.24) is 4.31 Å². The summed E-state index contributed by atoms with van der Waals surface area (Å²) < 4.78 is 31.7. The Morgan fingerprint density at radius 2 is 2.00 bits per heavy atom. The lowest BCUT2D eigenvalue weighted by Crippen LogP contribution is -2.40. The molecule has 0 aromatic heterocycles. The van der Waals surface area contributed by atoms with Crippen molar-refractivity contribution in [2.75, 3.05) is 31.6 Å². The highest BCUT2D eigenvalue weighted by Crippen LogP contribution is 2.34. The van der Waals surface area contributed by atoms with Gasteiger partial charge in [-0.1, -0.05) is 0 Å². The van der Waals surface area contributed by atoms with Crippen LogP contribution in [0, 0.1) is 0 Å². The molecule has 0 radical (unpaired) electrons. The van der Waals surface area contributed by atoms with E-state index in [1.807, 2.05) is 0 Å². The van der Waals surface area contributed by atoms with Gasteiger partial charge in [-0.25, -0.2) is 8.42 Å². The van der Waals surface area contributed by atoms with Gasteiger partial charge in [0.15, 0.2) is 0 Å². The van der Waals surface area contributed by atoms with Crippen LogP contribution in [0.2, 0.25) is 0 Å². The number of carbonyl (C=O) groups is 1. The summed E-state index contributed by atoms with van der Waals surface area (Å²) in [6.45, 7) is 3.34. The molecular weight excluding hydrogens is 280 g/mol. The molecule has 20 heavy (non-hydrogen) atoms. The van der Waals surface area contributed by atoms with Gasteiger partial charge < -0.3 is 10.1 Å². The molecule has 1 aromatic carbocycles. The van der Waals surface area contributed by atoms with Crippen molar-refractivity contribution >= 4 is 21.6 Å². The quantitative estimate of drug-likeness (QED) is 0.874. The molecule has 1 N–H and O–H groups in total. The lowest BCUT2D eigenvalue weighted by molar-refractivity contribution is -0.116. The maximum absolute atomic E-state index is 12.5. The van der Waals surface area contributed by atoms with Crippen LogP contribution in [0.3, 0.4) is 0 Å². The second kappa shape index (κ2) is 4.83. The molecule has 2 aliphatic heterocycles. The van der Waals surface area contributed by atoms with Gasteiger partial charge in [-0.05, 0) is 30.7 Å². The molecule has 1 fully saturated rings. The number of fused-ring (bicyclic) bond motifs is 1. The number of rotatable bonds is 2. The predicted molar refractivity (Wildman–Crippen MR) is 73.1 cm³/mol. The number of sulfonamides is 1. The second-order valence-corrected chi connectivity index (χ2v) is 6.91. The number of nitrogens with zero attached hydrogens (tertiary/aromatic N) is 1. The van der Waals surface area contributed by atoms with E-state index >= 15 is 0 Å². The van der Waals surface area contributed by atoms with E-state index in [1.54, 1.807) is 25.1 Å². The highest BCUT2D eigenvalue weighted by atomic mass is 32.2. The van der Waals surface area contributed by atoms with E-state index in [0.717, 1.165) is 5.56 Å². The Hall–Kier alpha value is -1.44. The predicted octanol–water partition coefficient (Wildman–Crippen LogP) is 0.763. The summed E-state index contributed by atoms with van der Waals surface area (Å²) in [5.41, 5.74) is 1.44. The van der Waals surface area contributed by atoms with E-state index in [1.165, 1.54) is 4.31 Å². The third-order valence-corrected chi connectivity index (χ3v) is 5.64. The van der Waals surface area contributed by atoms with Crippen LogP contribution in [-0.2, 0) is 19.6 Å². The minimum absolute atomic E-state index is 0.0964. The van der Waals surface area contributed by atoms with Gasteiger partial charge in [-0.15, -0.1) is 0 Å². The smallest absolute Gasteiger partial charge is 0.243 e. The fourth-order valence-corrected chi connectivity index (χ4v) is 3.94. The van der Waals surface area contributed by atoms with Crippen molar-refractivity contribution in [2.45, 2.75) is 17.7 Å². The van der Waals surface area contributed by atoms with Gasteiger partial charge in [0.2, 0.25) is 15.9 Å². The number of morpholine rings is 1. The summed E-state index contributed by atoms with van der Waals surface area (Å²) in [7, 11) is -3.51. The van der Waals surface area contributed by atoms with E-state index < -0.39 is 10.0 Å². The molecule has 6 nitrogen and oxygen atoms in total. The van der Waals surface area contributed by atoms with Gasteiger partial charge in [0.1, 0.15) is 0 Å². The second-order valence-electron chi connectivity index (χ2n) is 4.98. The zero-order valence-electron chi connectivity index (χ0n) is 11.1. The number of nitrogens with one attached hydrogen (secondary N) is 1. The van der Waals surface area contributed by atoms with E-state index in [2.05, 4.69) is 5.32 Å². The maximum Gasteiger partial charge on any atom is 0.243 e. The lowest BCUT2D eigenvalue weighted by Gasteiger charge is -2.26. The molecule has 3 rings (SSSR count). The largest absolute Gasteiger partial charge is 0.379 e. The topological polar surface area (TPSA) is 75.7 Å². The summed E-state index contributed by atoms with van der Waals surface area (Å²) in [5, 5.41) is 2.74. The van der Waals surface area contributed by atoms with Gasteiger partial charge in [0.25, 0.3) is 0 Å². The molecular formula is C13H16N2O4S. The van der Waals surface area contributed by atoms with E-state index in [0.29, 0.717) is 32.0 Å². The number of hydrogen-bond donors (Lipinski definition) is 1. The van der Waals surface area contributed by atoms with Crippen molar-refractivity contribution < 1.29 is 17.9 Å². The van der Waals surface area contributed by atoms with Crippen LogP contribution in [0.4, 0.5) is 5.69 Å². The Bertz CT molecular complexity index is 650. The average Bonchev–Trinajstić information content (AvgIpc) is 2.75.